The van der Waals surface area contributed by atoms with E-state index < -0.39 is 0 Å². The van der Waals surface area contributed by atoms with Gasteiger partial charge >= 0.3 is 0 Å². The van der Waals surface area contributed by atoms with Gasteiger partial charge in [0.05, 0.1) is 20.8 Å². The molecule has 0 amide bonds. The van der Waals surface area contributed by atoms with Crippen molar-refractivity contribution in [1.29, 1.82) is 0 Å². The van der Waals surface area contributed by atoms with Crippen LogP contribution in [-0.4, -0.2) is 46.0 Å². The van der Waals surface area contributed by atoms with Crippen LogP contribution >= 0.6 is 11.8 Å². The molecule has 1 aromatic rings. The number of thioether (sulfide) groups is 1. The topological polar surface area (TPSA) is 39.7 Å². The number of hydrogen-bond acceptors (Lipinski definition) is 5. The van der Waals surface area contributed by atoms with E-state index >= 15 is 0 Å². The molecule has 0 aliphatic rings. The van der Waals surface area contributed by atoms with Gasteiger partial charge in [-0.05, 0) is 30.7 Å². The number of nitrogens with one attached hydrogen (secondary N) is 1. The fourth-order valence-corrected chi connectivity index (χ4v) is 3.00. The Labute approximate surface area is 132 Å². The second kappa shape index (κ2) is 10.8. The molecule has 0 heterocycles. The zero-order chi connectivity index (χ0) is 15.5. The van der Waals surface area contributed by atoms with E-state index in [1.807, 2.05) is 17.8 Å². The Bertz CT molecular complexity index is 401. The Hall–Kier alpha value is -0.910. The molecule has 1 aromatic carbocycles. The van der Waals surface area contributed by atoms with Crippen LogP contribution in [0.5, 0.6) is 11.5 Å². The van der Waals surface area contributed by atoms with Crippen molar-refractivity contribution in [2.45, 2.75) is 19.4 Å². The van der Waals surface area contributed by atoms with Gasteiger partial charge in [0.25, 0.3) is 0 Å². The van der Waals surface area contributed by atoms with E-state index in [0.717, 1.165) is 42.6 Å². The molecule has 0 spiro atoms. The smallest absolute Gasteiger partial charge is 0.161 e. The molecule has 1 atom stereocenters. The summed E-state index contributed by atoms with van der Waals surface area (Å²) >= 11 is 1.90. The highest BCUT2D eigenvalue weighted by Crippen LogP contribution is 2.31. The summed E-state index contributed by atoms with van der Waals surface area (Å²) in [6.07, 6.45) is 1.12. The van der Waals surface area contributed by atoms with Gasteiger partial charge in [-0.1, -0.05) is 13.0 Å². The van der Waals surface area contributed by atoms with Crippen LogP contribution in [0, 0.1) is 0 Å². The predicted octanol–water partition coefficient (Wildman–Crippen LogP) is 3.12. The SMILES string of the molecule is CCCNC(CSCCOC)c1ccc(OC)c(OC)c1. The fraction of sp³-hybridized carbons (Fsp3) is 0.625. The van der Waals surface area contributed by atoms with Crippen LogP contribution in [0.4, 0.5) is 0 Å². The van der Waals surface area contributed by atoms with E-state index in [-0.39, 0.29) is 0 Å². The molecule has 0 bridgehead atoms. The van der Waals surface area contributed by atoms with Gasteiger partial charge in [-0.2, -0.15) is 11.8 Å². The summed E-state index contributed by atoms with van der Waals surface area (Å²) in [5, 5.41) is 3.59. The highest BCUT2D eigenvalue weighted by atomic mass is 32.2. The largest absolute Gasteiger partial charge is 0.493 e. The van der Waals surface area contributed by atoms with Crippen molar-refractivity contribution in [2.75, 3.05) is 46.0 Å². The van der Waals surface area contributed by atoms with Gasteiger partial charge in [-0.15, -0.1) is 0 Å². The standard InChI is InChI=1S/C16H27NO3S/c1-5-8-17-14(12-21-10-9-18-2)13-6-7-15(19-3)16(11-13)20-4/h6-7,11,14,17H,5,8-10,12H2,1-4H3. The maximum atomic E-state index is 5.39. The number of methoxy groups -OCH3 is 3. The van der Waals surface area contributed by atoms with Gasteiger partial charge in [0.15, 0.2) is 11.5 Å². The number of rotatable bonds is 11. The number of hydrogen-bond donors (Lipinski definition) is 1. The van der Waals surface area contributed by atoms with Crippen molar-refractivity contribution in [3.05, 3.63) is 23.8 Å². The molecule has 0 aliphatic carbocycles. The van der Waals surface area contributed by atoms with Crippen molar-refractivity contribution in [1.82, 2.24) is 5.32 Å². The lowest BCUT2D eigenvalue weighted by Gasteiger charge is -2.20. The van der Waals surface area contributed by atoms with E-state index in [0.29, 0.717) is 6.04 Å². The molecule has 0 saturated carbocycles. The van der Waals surface area contributed by atoms with E-state index in [1.165, 1.54) is 5.56 Å². The predicted molar refractivity (Wildman–Crippen MR) is 89.8 cm³/mol. The molecule has 0 saturated heterocycles. The monoisotopic (exact) mass is 313 g/mol. The minimum Gasteiger partial charge on any atom is -0.493 e. The lowest BCUT2D eigenvalue weighted by molar-refractivity contribution is 0.218. The number of benzene rings is 1. The maximum absolute atomic E-state index is 5.39. The second-order valence-corrected chi connectivity index (χ2v) is 5.84. The molecule has 0 radical (unpaired) electrons. The minimum atomic E-state index is 0.312. The van der Waals surface area contributed by atoms with E-state index in [1.54, 1.807) is 21.3 Å². The average molecular weight is 313 g/mol. The number of ether oxygens (including phenoxy) is 3. The molecule has 4 nitrogen and oxygen atoms in total. The van der Waals surface area contributed by atoms with Crippen molar-refractivity contribution < 1.29 is 14.2 Å². The Morgan fingerprint density at radius 3 is 2.52 bits per heavy atom. The first-order valence-corrected chi connectivity index (χ1v) is 8.44. The Morgan fingerprint density at radius 2 is 1.90 bits per heavy atom. The van der Waals surface area contributed by atoms with Gasteiger partial charge in [0.1, 0.15) is 0 Å². The van der Waals surface area contributed by atoms with Crippen molar-refractivity contribution in [2.24, 2.45) is 0 Å². The summed E-state index contributed by atoms with van der Waals surface area (Å²) in [5.41, 5.74) is 1.23. The summed E-state index contributed by atoms with van der Waals surface area (Å²) in [6.45, 7) is 3.97. The molecule has 1 rings (SSSR count). The van der Waals surface area contributed by atoms with Crippen molar-refractivity contribution in [3.8, 4) is 11.5 Å². The third kappa shape index (κ3) is 6.16. The van der Waals surface area contributed by atoms with Crippen LogP contribution in [0.25, 0.3) is 0 Å². The minimum absolute atomic E-state index is 0.312. The summed E-state index contributed by atoms with van der Waals surface area (Å²) in [7, 11) is 5.07. The Balaban J connectivity index is 2.76. The Morgan fingerprint density at radius 1 is 1.14 bits per heavy atom. The van der Waals surface area contributed by atoms with Crippen LogP contribution < -0.4 is 14.8 Å². The summed E-state index contributed by atoms with van der Waals surface area (Å²) in [6, 6.07) is 6.44. The Kier molecular flexibility index (Phi) is 9.30. The zero-order valence-electron chi connectivity index (χ0n) is 13.5. The van der Waals surface area contributed by atoms with Crippen molar-refractivity contribution >= 4 is 11.8 Å². The van der Waals surface area contributed by atoms with E-state index in [9.17, 15) is 0 Å². The van der Waals surface area contributed by atoms with Gasteiger partial charge < -0.3 is 19.5 Å². The lowest BCUT2D eigenvalue weighted by atomic mass is 10.1. The third-order valence-corrected chi connectivity index (χ3v) is 4.19. The first-order valence-electron chi connectivity index (χ1n) is 7.28. The van der Waals surface area contributed by atoms with Crippen LogP contribution in [0.1, 0.15) is 24.9 Å². The van der Waals surface area contributed by atoms with E-state index in [2.05, 4.69) is 24.4 Å². The van der Waals surface area contributed by atoms with Crippen LogP contribution in [-0.2, 0) is 4.74 Å². The van der Waals surface area contributed by atoms with Crippen LogP contribution in [0.3, 0.4) is 0 Å². The van der Waals surface area contributed by atoms with Gasteiger partial charge in [-0.25, -0.2) is 0 Å². The van der Waals surface area contributed by atoms with Gasteiger partial charge in [0, 0.05) is 24.7 Å². The maximum Gasteiger partial charge on any atom is 0.161 e. The van der Waals surface area contributed by atoms with Crippen LogP contribution in [0.2, 0.25) is 0 Å². The lowest BCUT2D eigenvalue weighted by Crippen LogP contribution is -2.24. The zero-order valence-corrected chi connectivity index (χ0v) is 14.3. The average Bonchev–Trinajstić information content (AvgIpc) is 2.53. The third-order valence-electron chi connectivity index (χ3n) is 3.17. The highest BCUT2D eigenvalue weighted by Gasteiger charge is 2.14. The second-order valence-electron chi connectivity index (χ2n) is 4.69. The first-order chi connectivity index (χ1) is 10.3. The van der Waals surface area contributed by atoms with Crippen LogP contribution in [0.15, 0.2) is 18.2 Å². The quantitative estimate of drug-likeness (QED) is 0.636. The summed E-state index contributed by atoms with van der Waals surface area (Å²) < 4.78 is 15.8. The summed E-state index contributed by atoms with van der Waals surface area (Å²) in [5.74, 6) is 3.56. The molecular formula is C16H27NO3S. The van der Waals surface area contributed by atoms with Gasteiger partial charge in [0.2, 0.25) is 0 Å². The summed E-state index contributed by atoms with van der Waals surface area (Å²) in [4.78, 5) is 0. The molecule has 0 fully saturated rings. The molecular weight excluding hydrogens is 286 g/mol. The molecule has 1 N–H and O–H groups in total. The highest BCUT2D eigenvalue weighted by molar-refractivity contribution is 7.99. The molecule has 21 heavy (non-hydrogen) atoms. The van der Waals surface area contributed by atoms with Gasteiger partial charge in [-0.3, -0.25) is 0 Å². The van der Waals surface area contributed by atoms with Crippen molar-refractivity contribution in [3.63, 3.8) is 0 Å². The molecule has 120 valence electrons. The van der Waals surface area contributed by atoms with E-state index in [4.69, 9.17) is 14.2 Å². The molecule has 1 unspecified atom stereocenters. The molecule has 0 aliphatic heterocycles. The fourth-order valence-electron chi connectivity index (χ4n) is 2.00. The first kappa shape index (κ1) is 18.1. The molecule has 0 aromatic heterocycles. The molecule has 5 heteroatoms. The normalized spacial score (nSPS) is 12.2.